The Kier molecular flexibility index (Phi) is 3.88. The average Bonchev–Trinajstić information content (AvgIpc) is 2.82. The number of fused-ring (bicyclic) bond motifs is 1. The lowest BCUT2D eigenvalue weighted by Gasteiger charge is -2.10. The van der Waals surface area contributed by atoms with E-state index in [1.54, 1.807) is 12.1 Å². The fourth-order valence-corrected chi connectivity index (χ4v) is 3.18. The zero-order chi connectivity index (χ0) is 14.0. The number of hydrogen-bond donors (Lipinski definition) is 3. The van der Waals surface area contributed by atoms with E-state index < -0.39 is 28.6 Å². The van der Waals surface area contributed by atoms with E-state index in [0.717, 1.165) is 24.8 Å². The van der Waals surface area contributed by atoms with Gasteiger partial charge in [-0.05, 0) is 42.5 Å². The van der Waals surface area contributed by atoms with E-state index in [0.29, 0.717) is 0 Å². The smallest absolute Gasteiger partial charge is 0.247 e. The molecule has 0 spiro atoms. The molecular formula is C12H16N2O4S. The van der Waals surface area contributed by atoms with Crippen LogP contribution in [0.15, 0.2) is 23.1 Å². The summed E-state index contributed by atoms with van der Waals surface area (Å²) in [6.07, 6.45) is 1.36. The molecule has 1 aliphatic rings. The number of aliphatic hydroxyl groups is 1. The molecule has 1 amide bonds. The summed E-state index contributed by atoms with van der Waals surface area (Å²) in [7, 11) is -3.73. The second kappa shape index (κ2) is 5.28. The predicted molar refractivity (Wildman–Crippen MR) is 68.9 cm³/mol. The van der Waals surface area contributed by atoms with Crippen LogP contribution in [0.2, 0.25) is 0 Å². The van der Waals surface area contributed by atoms with Gasteiger partial charge in [-0.2, -0.15) is 0 Å². The Morgan fingerprint density at radius 1 is 1.37 bits per heavy atom. The number of hydrogen-bond acceptors (Lipinski definition) is 4. The molecule has 0 aliphatic heterocycles. The van der Waals surface area contributed by atoms with Crippen LogP contribution in [0.1, 0.15) is 17.5 Å². The topological polar surface area (TPSA) is 109 Å². The van der Waals surface area contributed by atoms with Crippen LogP contribution in [0.3, 0.4) is 0 Å². The molecule has 1 atom stereocenters. The van der Waals surface area contributed by atoms with Crippen molar-refractivity contribution < 1.29 is 18.3 Å². The number of carbonyl (C=O) groups excluding carboxylic acids is 1. The molecule has 19 heavy (non-hydrogen) atoms. The number of aliphatic hydroxyl groups excluding tert-OH is 1. The number of primary amides is 1. The van der Waals surface area contributed by atoms with Gasteiger partial charge in [0, 0.05) is 6.54 Å². The Morgan fingerprint density at radius 2 is 2.05 bits per heavy atom. The van der Waals surface area contributed by atoms with Crippen LogP contribution < -0.4 is 10.5 Å². The predicted octanol–water partition coefficient (Wildman–Crippen LogP) is -0.700. The first kappa shape index (κ1) is 14.0. The third kappa shape index (κ3) is 3.12. The summed E-state index contributed by atoms with van der Waals surface area (Å²) in [5.74, 6) is -0.961. The Morgan fingerprint density at radius 3 is 2.74 bits per heavy atom. The summed E-state index contributed by atoms with van der Waals surface area (Å²) in [4.78, 5) is 10.8. The summed E-state index contributed by atoms with van der Waals surface area (Å²) >= 11 is 0. The van der Waals surface area contributed by atoms with Gasteiger partial charge in [0.1, 0.15) is 6.10 Å². The minimum Gasteiger partial charge on any atom is -0.382 e. The summed E-state index contributed by atoms with van der Waals surface area (Å²) in [6.45, 7) is -0.422. The van der Waals surface area contributed by atoms with Crippen molar-refractivity contribution in [1.29, 1.82) is 0 Å². The summed E-state index contributed by atoms with van der Waals surface area (Å²) in [6, 6.07) is 4.98. The third-order valence-electron chi connectivity index (χ3n) is 3.18. The number of nitrogens with one attached hydrogen (secondary N) is 1. The van der Waals surface area contributed by atoms with Gasteiger partial charge in [0.25, 0.3) is 0 Å². The van der Waals surface area contributed by atoms with Crippen molar-refractivity contribution in [3.8, 4) is 0 Å². The lowest BCUT2D eigenvalue weighted by Crippen LogP contribution is -2.39. The molecule has 1 aromatic rings. The molecule has 2 rings (SSSR count). The highest BCUT2D eigenvalue weighted by Crippen LogP contribution is 2.24. The van der Waals surface area contributed by atoms with Crippen LogP contribution in [0.5, 0.6) is 0 Å². The molecule has 7 heteroatoms. The highest BCUT2D eigenvalue weighted by molar-refractivity contribution is 7.89. The van der Waals surface area contributed by atoms with Gasteiger partial charge in [-0.1, -0.05) is 6.07 Å². The molecule has 0 radical (unpaired) electrons. The number of carbonyl (C=O) groups is 1. The number of benzene rings is 1. The minimum atomic E-state index is -3.73. The van der Waals surface area contributed by atoms with Crippen molar-refractivity contribution in [2.75, 3.05) is 6.54 Å². The van der Waals surface area contributed by atoms with Crippen LogP contribution in [0.4, 0.5) is 0 Å². The molecule has 0 aromatic heterocycles. The third-order valence-corrected chi connectivity index (χ3v) is 4.60. The van der Waals surface area contributed by atoms with Crippen molar-refractivity contribution in [3.05, 3.63) is 29.3 Å². The number of aryl methyl sites for hydroxylation is 2. The maximum Gasteiger partial charge on any atom is 0.247 e. The van der Waals surface area contributed by atoms with E-state index in [2.05, 4.69) is 4.72 Å². The SMILES string of the molecule is NC(=O)C(O)CNS(=O)(=O)c1ccc2c(c1)CCC2. The number of sulfonamides is 1. The summed E-state index contributed by atoms with van der Waals surface area (Å²) in [5, 5.41) is 9.19. The molecule has 1 aliphatic carbocycles. The second-order valence-corrected chi connectivity index (χ2v) is 6.32. The monoisotopic (exact) mass is 284 g/mol. The number of amides is 1. The van der Waals surface area contributed by atoms with Crippen molar-refractivity contribution >= 4 is 15.9 Å². The standard InChI is InChI=1S/C12H16N2O4S/c13-12(16)11(15)7-14-19(17,18)10-5-4-8-2-1-3-9(8)6-10/h4-6,11,14-15H,1-3,7H2,(H2,13,16). The van der Waals surface area contributed by atoms with Gasteiger partial charge < -0.3 is 10.8 Å². The van der Waals surface area contributed by atoms with Crippen molar-refractivity contribution in [1.82, 2.24) is 4.72 Å². The Labute approximate surface area is 111 Å². The number of nitrogens with two attached hydrogens (primary N) is 1. The van der Waals surface area contributed by atoms with Crippen LogP contribution in [-0.4, -0.2) is 32.1 Å². The normalized spacial score (nSPS) is 16.1. The molecule has 104 valence electrons. The van der Waals surface area contributed by atoms with Crippen molar-refractivity contribution in [2.45, 2.75) is 30.3 Å². The molecular weight excluding hydrogens is 268 g/mol. The highest BCUT2D eigenvalue weighted by atomic mass is 32.2. The van der Waals surface area contributed by atoms with Crippen LogP contribution in [-0.2, 0) is 27.7 Å². The Hall–Kier alpha value is -1.44. The van der Waals surface area contributed by atoms with Gasteiger partial charge in [-0.3, -0.25) is 4.79 Å². The summed E-state index contributed by atoms with van der Waals surface area (Å²) < 4.78 is 26.1. The maximum absolute atomic E-state index is 12.0. The molecule has 0 fully saturated rings. The van der Waals surface area contributed by atoms with E-state index in [1.807, 2.05) is 0 Å². The lowest BCUT2D eigenvalue weighted by molar-refractivity contribution is -0.125. The molecule has 4 N–H and O–H groups in total. The van der Waals surface area contributed by atoms with Gasteiger partial charge in [0.2, 0.25) is 15.9 Å². The van der Waals surface area contributed by atoms with Crippen molar-refractivity contribution in [3.63, 3.8) is 0 Å². The van der Waals surface area contributed by atoms with Crippen LogP contribution in [0, 0.1) is 0 Å². The van der Waals surface area contributed by atoms with E-state index in [1.165, 1.54) is 11.6 Å². The van der Waals surface area contributed by atoms with Crippen LogP contribution in [0.25, 0.3) is 0 Å². The van der Waals surface area contributed by atoms with E-state index in [4.69, 9.17) is 5.73 Å². The van der Waals surface area contributed by atoms with Crippen molar-refractivity contribution in [2.24, 2.45) is 5.73 Å². The first-order chi connectivity index (χ1) is 8.90. The minimum absolute atomic E-state index is 0.143. The van der Waals surface area contributed by atoms with Crippen LogP contribution >= 0.6 is 0 Å². The van der Waals surface area contributed by atoms with Gasteiger partial charge in [-0.25, -0.2) is 13.1 Å². The lowest BCUT2D eigenvalue weighted by atomic mass is 10.1. The first-order valence-corrected chi connectivity index (χ1v) is 7.47. The first-order valence-electron chi connectivity index (χ1n) is 5.99. The highest BCUT2D eigenvalue weighted by Gasteiger charge is 2.20. The second-order valence-electron chi connectivity index (χ2n) is 4.55. The van der Waals surface area contributed by atoms with Gasteiger partial charge in [-0.15, -0.1) is 0 Å². The number of rotatable bonds is 5. The molecule has 6 nitrogen and oxygen atoms in total. The molecule has 0 heterocycles. The molecule has 1 unspecified atom stereocenters. The average molecular weight is 284 g/mol. The zero-order valence-electron chi connectivity index (χ0n) is 10.3. The van der Waals surface area contributed by atoms with Gasteiger partial charge in [0.15, 0.2) is 0 Å². The van der Waals surface area contributed by atoms with E-state index in [-0.39, 0.29) is 4.90 Å². The fraction of sp³-hybridized carbons (Fsp3) is 0.417. The molecule has 0 saturated carbocycles. The summed E-state index contributed by atoms with van der Waals surface area (Å²) in [5.41, 5.74) is 7.07. The molecule has 0 saturated heterocycles. The van der Waals surface area contributed by atoms with E-state index in [9.17, 15) is 18.3 Å². The Bertz CT molecular complexity index is 598. The molecule has 0 bridgehead atoms. The fourth-order valence-electron chi connectivity index (χ4n) is 2.09. The maximum atomic E-state index is 12.0. The zero-order valence-corrected chi connectivity index (χ0v) is 11.1. The van der Waals surface area contributed by atoms with Gasteiger partial charge in [0.05, 0.1) is 4.90 Å². The Balaban J connectivity index is 2.14. The largest absolute Gasteiger partial charge is 0.382 e. The van der Waals surface area contributed by atoms with E-state index >= 15 is 0 Å². The molecule has 1 aromatic carbocycles. The quantitative estimate of drug-likeness (QED) is 0.664. The van der Waals surface area contributed by atoms with Gasteiger partial charge >= 0.3 is 0 Å².